The van der Waals surface area contributed by atoms with Gasteiger partial charge in [-0.05, 0) is 29.7 Å². The highest BCUT2D eigenvalue weighted by atomic mass is 35.5. The molecular weight excluding hydrogens is 404 g/mol. The second kappa shape index (κ2) is 5.89. The number of pyridine rings is 1. The van der Waals surface area contributed by atoms with Gasteiger partial charge < -0.3 is 5.11 Å². The Morgan fingerprint density at radius 2 is 1.52 bits per heavy atom. The molecule has 124 valence electrons. The number of carboxylic acid groups (broad SMARTS) is 1. The van der Waals surface area contributed by atoms with Crippen molar-refractivity contribution in [3.63, 3.8) is 0 Å². The number of fused-ring (bicyclic) bond motifs is 4. The van der Waals surface area contributed by atoms with Crippen molar-refractivity contribution in [1.29, 1.82) is 0 Å². The SMILES string of the molecule is O=C(O)c1c2cc(Cl)cc(Cl)c2nc2c1ccc1cc(Cl)c(Cl)cc12. The minimum Gasteiger partial charge on any atom is -0.478 e. The van der Waals surface area contributed by atoms with Gasteiger partial charge in [0, 0.05) is 21.2 Å². The number of carboxylic acids is 1. The lowest BCUT2D eigenvalue weighted by Gasteiger charge is -2.12. The summed E-state index contributed by atoms with van der Waals surface area (Å²) in [5, 5.41) is 13.5. The van der Waals surface area contributed by atoms with Crippen LogP contribution in [0.15, 0.2) is 36.4 Å². The molecule has 1 aromatic heterocycles. The number of hydrogen-bond acceptors (Lipinski definition) is 2. The molecule has 1 N–H and O–H groups in total. The van der Waals surface area contributed by atoms with Gasteiger partial charge in [0.05, 0.1) is 31.7 Å². The number of nitrogens with zero attached hydrogens (tertiary/aromatic N) is 1. The maximum absolute atomic E-state index is 11.9. The molecule has 0 aliphatic rings. The first-order valence-corrected chi connectivity index (χ1v) is 8.61. The molecule has 0 bridgehead atoms. The molecule has 4 rings (SSSR count). The van der Waals surface area contributed by atoms with Crippen molar-refractivity contribution in [2.45, 2.75) is 0 Å². The first kappa shape index (κ1) is 16.7. The molecule has 0 aliphatic carbocycles. The van der Waals surface area contributed by atoms with Gasteiger partial charge in [-0.1, -0.05) is 58.5 Å². The van der Waals surface area contributed by atoms with E-state index in [-0.39, 0.29) is 10.6 Å². The monoisotopic (exact) mass is 409 g/mol. The van der Waals surface area contributed by atoms with Crippen LogP contribution in [0.5, 0.6) is 0 Å². The molecule has 0 unspecified atom stereocenters. The fraction of sp³-hybridized carbons (Fsp3) is 0. The van der Waals surface area contributed by atoms with E-state index in [4.69, 9.17) is 46.4 Å². The van der Waals surface area contributed by atoms with Crippen LogP contribution in [0.2, 0.25) is 20.1 Å². The first-order chi connectivity index (χ1) is 11.9. The third-order valence-electron chi connectivity index (χ3n) is 4.04. The fourth-order valence-electron chi connectivity index (χ4n) is 2.98. The smallest absolute Gasteiger partial charge is 0.337 e. The molecule has 3 nitrogen and oxygen atoms in total. The lowest BCUT2D eigenvalue weighted by atomic mass is 9.99. The minimum atomic E-state index is -1.09. The van der Waals surface area contributed by atoms with Gasteiger partial charge in [0.15, 0.2) is 0 Å². The number of hydrogen-bond donors (Lipinski definition) is 1. The number of benzene rings is 3. The predicted molar refractivity (Wildman–Crippen MR) is 104 cm³/mol. The average molecular weight is 411 g/mol. The number of aromatic carboxylic acids is 1. The van der Waals surface area contributed by atoms with Crippen LogP contribution in [0.1, 0.15) is 10.4 Å². The highest BCUT2D eigenvalue weighted by molar-refractivity contribution is 6.43. The molecule has 25 heavy (non-hydrogen) atoms. The summed E-state index contributed by atoms with van der Waals surface area (Å²) in [7, 11) is 0. The Balaban J connectivity index is 2.32. The Morgan fingerprint density at radius 3 is 2.24 bits per heavy atom. The zero-order chi connectivity index (χ0) is 17.9. The minimum absolute atomic E-state index is 0.0948. The van der Waals surface area contributed by atoms with Crippen LogP contribution < -0.4 is 0 Å². The van der Waals surface area contributed by atoms with E-state index in [2.05, 4.69) is 4.98 Å². The summed E-state index contributed by atoms with van der Waals surface area (Å²) in [6, 6.07) is 9.96. The zero-order valence-electron chi connectivity index (χ0n) is 12.3. The third kappa shape index (κ3) is 2.59. The van der Waals surface area contributed by atoms with E-state index < -0.39 is 5.97 Å². The first-order valence-electron chi connectivity index (χ1n) is 7.10. The van der Waals surface area contributed by atoms with Crippen LogP contribution in [0.3, 0.4) is 0 Å². The highest BCUT2D eigenvalue weighted by Crippen LogP contribution is 2.37. The zero-order valence-corrected chi connectivity index (χ0v) is 15.3. The lowest BCUT2D eigenvalue weighted by molar-refractivity contribution is 0.0701. The van der Waals surface area contributed by atoms with Crippen molar-refractivity contribution < 1.29 is 9.90 Å². The van der Waals surface area contributed by atoms with E-state index in [9.17, 15) is 9.90 Å². The van der Waals surface area contributed by atoms with Gasteiger partial charge >= 0.3 is 5.97 Å². The van der Waals surface area contributed by atoms with Gasteiger partial charge in [-0.25, -0.2) is 9.78 Å². The Bertz CT molecular complexity index is 1220. The van der Waals surface area contributed by atoms with Gasteiger partial charge in [-0.15, -0.1) is 0 Å². The van der Waals surface area contributed by atoms with E-state index in [1.54, 1.807) is 30.3 Å². The molecule has 0 atom stereocenters. The molecule has 0 saturated carbocycles. The summed E-state index contributed by atoms with van der Waals surface area (Å²) < 4.78 is 0. The summed E-state index contributed by atoms with van der Waals surface area (Å²) in [6.45, 7) is 0. The summed E-state index contributed by atoms with van der Waals surface area (Å²) in [6.07, 6.45) is 0. The number of carbonyl (C=O) groups is 1. The molecule has 7 heteroatoms. The van der Waals surface area contributed by atoms with Crippen molar-refractivity contribution in [2.75, 3.05) is 0 Å². The quantitative estimate of drug-likeness (QED) is 0.275. The van der Waals surface area contributed by atoms with Crippen molar-refractivity contribution in [3.05, 3.63) is 62.1 Å². The molecule has 0 amide bonds. The average Bonchev–Trinajstić information content (AvgIpc) is 2.54. The Kier molecular flexibility index (Phi) is 3.93. The number of rotatable bonds is 1. The summed E-state index contributed by atoms with van der Waals surface area (Å²) in [5.74, 6) is -1.09. The number of halogens is 4. The van der Waals surface area contributed by atoms with E-state index in [1.807, 2.05) is 0 Å². The summed E-state index contributed by atoms with van der Waals surface area (Å²) in [5.41, 5.74) is 0.956. The van der Waals surface area contributed by atoms with Gasteiger partial charge in [-0.2, -0.15) is 0 Å². The van der Waals surface area contributed by atoms with Crippen LogP contribution in [-0.2, 0) is 0 Å². The van der Waals surface area contributed by atoms with Crippen LogP contribution in [0.4, 0.5) is 0 Å². The van der Waals surface area contributed by atoms with Gasteiger partial charge in [0.1, 0.15) is 0 Å². The Morgan fingerprint density at radius 1 is 0.800 bits per heavy atom. The Labute approximate surface area is 161 Å². The highest BCUT2D eigenvalue weighted by Gasteiger charge is 2.19. The Hall–Kier alpha value is -1.78. The second-order valence-corrected chi connectivity index (χ2v) is 7.18. The van der Waals surface area contributed by atoms with Crippen molar-refractivity contribution >= 4 is 85.0 Å². The second-order valence-electron chi connectivity index (χ2n) is 5.52. The number of aromatic nitrogens is 1. The standard InChI is InChI=1S/C18H7Cl4NO2/c19-8-4-11-15(18(24)25)9-2-1-7-3-12(20)13(21)6-10(7)16(9)23-17(11)14(22)5-8/h1-6H,(H,24,25). The maximum Gasteiger partial charge on any atom is 0.337 e. The van der Waals surface area contributed by atoms with E-state index in [0.717, 1.165) is 5.39 Å². The molecule has 0 aliphatic heterocycles. The van der Waals surface area contributed by atoms with Crippen LogP contribution in [0, 0.1) is 0 Å². The van der Waals surface area contributed by atoms with Gasteiger partial charge in [-0.3, -0.25) is 0 Å². The van der Waals surface area contributed by atoms with E-state index in [1.165, 1.54) is 6.07 Å². The van der Waals surface area contributed by atoms with Crippen molar-refractivity contribution in [2.24, 2.45) is 0 Å². The van der Waals surface area contributed by atoms with E-state index in [0.29, 0.717) is 42.3 Å². The third-order valence-corrected chi connectivity index (χ3v) is 5.27. The van der Waals surface area contributed by atoms with Gasteiger partial charge in [0.25, 0.3) is 0 Å². The summed E-state index contributed by atoms with van der Waals surface area (Å²) in [4.78, 5) is 16.6. The predicted octanol–water partition coefficient (Wildman–Crippen LogP) is 6.85. The maximum atomic E-state index is 11.9. The van der Waals surface area contributed by atoms with Crippen molar-refractivity contribution in [3.8, 4) is 0 Å². The van der Waals surface area contributed by atoms with Crippen molar-refractivity contribution in [1.82, 2.24) is 4.98 Å². The van der Waals surface area contributed by atoms with Crippen LogP contribution in [0.25, 0.3) is 32.6 Å². The molecule has 4 aromatic rings. The fourth-order valence-corrected chi connectivity index (χ4v) is 3.85. The van der Waals surface area contributed by atoms with Gasteiger partial charge in [0.2, 0.25) is 0 Å². The van der Waals surface area contributed by atoms with Crippen LogP contribution in [-0.4, -0.2) is 16.1 Å². The molecule has 0 saturated heterocycles. The largest absolute Gasteiger partial charge is 0.478 e. The molecule has 0 spiro atoms. The lowest BCUT2D eigenvalue weighted by Crippen LogP contribution is -2.01. The topological polar surface area (TPSA) is 50.2 Å². The molecule has 0 fully saturated rings. The molecule has 3 aromatic carbocycles. The van der Waals surface area contributed by atoms with E-state index >= 15 is 0 Å². The molecular formula is C18H7Cl4NO2. The van der Waals surface area contributed by atoms with Crippen LogP contribution >= 0.6 is 46.4 Å². The molecule has 0 radical (unpaired) electrons. The normalized spacial score (nSPS) is 11.5. The summed E-state index contributed by atoms with van der Waals surface area (Å²) >= 11 is 24.5. The molecule has 1 heterocycles.